The molecule has 0 saturated carbocycles. The lowest BCUT2D eigenvalue weighted by Gasteiger charge is -2.11. The van der Waals surface area contributed by atoms with Crippen LogP contribution in [0.1, 0.15) is 146 Å². The predicted octanol–water partition coefficient (Wildman–Crippen LogP) is 9.90. The summed E-state index contributed by atoms with van der Waals surface area (Å²) in [6.07, 6.45) is 19.1. The van der Waals surface area contributed by atoms with E-state index in [4.69, 9.17) is 0 Å². The number of Topliss-reactive ketones (excluding diaryl/α,β-unsaturated/α-hetero) is 1. The highest BCUT2D eigenvalue weighted by atomic mass is 16.1. The minimum absolute atomic E-state index is 0.0333. The molecule has 0 aromatic heterocycles. The third-order valence-electron chi connectivity index (χ3n) is 7.13. The maximum absolute atomic E-state index is 13.0. The standard InChI is InChI=1S/C33H48O2/c1-5-6-7-8-9-10-11-12-13-14-15-16-17-18-19-31(34)29-20-22-30(23-21-29)33(35)32-27(3)24-26(2)25-28(32)4/h20-25H,5-19H2,1-4H3. The largest absolute Gasteiger partial charge is 0.294 e. The average Bonchev–Trinajstić information content (AvgIpc) is 2.83. The fourth-order valence-electron chi connectivity index (χ4n) is 5.11. The molecule has 0 spiro atoms. The van der Waals surface area contributed by atoms with Crippen molar-refractivity contribution in [1.82, 2.24) is 0 Å². The molecule has 2 rings (SSSR count). The Morgan fingerprint density at radius 2 is 0.971 bits per heavy atom. The third kappa shape index (κ3) is 10.5. The summed E-state index contributed by atoms with van der Waals surface area (Å²) in [5.74, 6) is 0.219. The monoisotopic (exact) mass is 476 g/mol. The van der Waals surface area contributed by atoms with E-state index in [9.17, 15) is 9.59 Å². The molecule has 2 aromatic carbocycles. The minimum atomic E-state index is 0.0333. The van der Waals surface area contributed by atoms with Gasteiger partial charge in [-0.1, -0.05) is 132 Å². The maximum Gasteiger partial charge on any atom is 0.193 e. The summed E-state index contributed by atoms with van der Waals surface area (Å²) in [5.41, 5.74) is 5.32. The normalized spacial score (nSPS) is 11.1. The number of unbranched alkanes of at least 4 members (excludes halogenated alkanes) is 13. The van der Waals surface area contributed by atoms with E-state index in [1.165, 1.54) is 82.6 Å². The summed E-state index contributed by atoms with van der Waals surface area (Å²) in [7, 11) is 0. The van der Waals surface area contributed by atoms with Gasteiger partial charge in [-0.2, -0.15) is 0 Å². The zero-order chi connectivity index (χ0) is 25.5. The van der Waals surface area contributed by atoms with Gasteiger partial charge in [0, 0.05) is 23.1 Å². The summed E-state index contributed by atoms with van der Waals surface area (Å²) in [6.45, 7) is 8.30. The van der Waals surface area contributed by atoms with Gasteiger partial charge in [-0.25, -0.2) is 0 Å². The summed E-state index contributed by atoms with van der Waals surface area (Å²) in [4.78, 5) is 25.6. The lowest BCUT2D eigenvalue weighted by Crippen LogP contribution is -2.07. The van der Waals surface area contributed by atoms with E-state index in [2.05, 4.69) is 19.1 Å². The number of carbonyl (C=O) groups is 2. The van der Waals surface area contributed by atoms with Crippen molar-refractivity contribution >= 4 is 11.6 Å². The molecule has 0 heterocycles. The topological polar surface area (TPSA) is 34.1 Å². The van der Waals surface area contributed by atoms with E-state index in [1.54, 1.807) is 12.1 Å². The van der Waals surface area contributed by atoms with Crippen molar-refractivity contribution < 1.29 is 9.59 Å². The quantitative estimate of drug-likeness (QED) is 0.158. The van der Waals surface area contributed by atoms with Gasteiger partial charge < -0.3 is 0 Å². The Bertz CT molecular complexity index is 884. The van der Waals surface area contributed by atoms with E-state index < -0.39 is 0 Å². The Morgan fingerprint density at radius 1 is 0.571 bits per heavy atom. The van der Waals surface area contributed by atoms with Crippen LogP contribution in [0.4, 0.5) is 0 Å². The second-order valence-electron chi connectivity index (χ2n) is 10.4. The van der Waals surface area contributed by atoms with Crippen LogP contribution in [-0.4, -0.2) is 11.6 Å². The van der Waals surface area contributed by atoms with Gasteiger partial charge in [-0.05, 0) is 38.3 Å². The van der Waals surface area contributed by atoms with E-state index in [0.29, 0.717) is 17.5 Å². The van der Waals surface area contributed by atoms with Crippen LogP contribution in [0.15, 0.2) is 36.4 Å². The van der Waals surface area contributed by atoms with Crippen molar-refractivity contribution in [2.24, 2.45) is 0 Å². The van der Waals surface area contributed by atoms with Crippen LogP contribution in [0.3, 0.4) is 0 Å². The van der Waals surface area contributed by atoms with Gasteiger partial charge in [0.1, 0.15) is 0 Å². The highest BCUT2D eigenvalue weighted by Gasteiger charge is 2.15. The van der Waals surface area contributed by atoms with Crippen molar-refractivity contribution in [3.63, 3.8) is 0 Å². The van der Waals surface area contributed by atoms with Crippen LogP contribution < -0.4 is 0 Å². The van der Waals surface area contributed by atoms with E-state index in [-0.39, 0.29) is 11.6 Å². The Morgan fingerprint density at radius 3 is 1.43 bits per heavy atom. The zero-order valence-corrected chi connectivity index (χ0v) is 22.9. The zero-order valence-electron chi connectivity index (χ0n) is 22.9. The van der Waals surface area contributed by atoms with Crippen molar-refractivity contribution in [1.29, 1.82) is 0 Å². The number of carbonyl (C=O) groups excluding carboxylic acids is 2. The van der Waals surface area contributed by atoms with Gasteiger partial charge in [0.25, 0.3) is 0 Å². The number of benzene rings is 2. The minimum Gasteiger partial charge on any atom is -0.294 e. The molecule has 35 heavy (non-hydrogen) atoms. The van der Waals surface area contributed by atoms with Crippen LogP contribution in [0.2, 0.25) is 0 Å². The molecule has 0 saturated heterocycles. The first-order chi connectivity index (χ1) is 16.9. The van der Waals surface area contributed by atoms with E-state index in [1.807, 2.05) is 32.9 Å². The highest BCUT2D eigenvalue weighted by molar-refractivity contribution is 6.11. The number of ketones is 2. The second kappa shape index (κ2) is 16.5. The van der Waals surface area contributed by atoms with E-state index in [0.717, 1.165) is 29.5 Å². The van der Waals surface area contributed by atoms with Crippen molar-refractivity contribution in [2.45, 2.75) is 124 Å². The van der Waals surface area contributed by atoms with Gasteiger partial charge in [-0.15, -0.1) is 0 Å². The first-order valence-electron chi connectivity index (χ1n) is 14.2. The molecule has 2 aromatic rings. The summed E-state index contributed by atoms with van der Waals surface area (Å²) in [6, 6.07) is 11.3. The SMILES string of the molecule is CCCCCCCCCCCCCCCCC(=O)c1ccc(C(=O)c2c(C)cc(C)cc2C)cc1. The molecule has 0 fully saturated rings. The molecule has 2 heteroatoms. The van der Waals surface area contributed by atoms with Crippen LogP contribution in [0.25, 0.3) is 0 Å². The molecule has 2 nitrogen and oxygen atoms in total. The lowest BCUT2D eigenvalue weighted by molar-refractivity contribution is 0.0976. The van der Waals surface area contributed by atoms with E-state index >= 15 is 0 Å². The Labute approximate surface area is 214 Å². The lowest BCUT2D eigenvalue weighted by atomic mass is 9.92. The molecule has 0 aliphatic rings. The molecule has 0 radical (unpaired) electrons. The molecule has 0 aliphatic carbocycles. The third-order valence-corrected chi connectivity index (χ3v) is 7.13. The summed E-state index contributed by atoms with van der Waals surface area (Å²) >= 11 is 0. The van der Waals surface area contributed by atoms with Gasteiger partial charge in [0.05, 0.1) is 0 Å². The van der Waals surface area contributed by atoms with Gasteiger partial charge >= 0.3 is 0 Å². The van der Waals surface area contributed by atoms with Crippen LogP contribution in [0.5, 0.6) is 0 Å². The van der Waals surface area contributed by atoms with Crippen molar-refractivity contribution in [3.8, 4) is 0 Å². The fraction of sp³-hybridized carbons (Fsp3) is 0.576. The van der Waals surface area contributed by atoms with Crippen molar-refractivity contribution in [2.75, 3.05) is 0 Å². The van der Waals surface area contributed by atoms with Gasteiger partial charge in [0.2, 0.25) is 0 Å². The smallest absolute Gasteiger partial charge is 0.193 e. The molecular weight excluding hydrogens is 428 g/mol. The Hall–Kier alpha value is -2.22. The molecule has 0 bridgehead atoms. The first kappa shape index (κ1) is 29.0. The average molecular weight is 477 g/mol. The predicted molar refractivity (Wildman–Crippen MR) is 150 cm³/mol. The number of aryl methyl sites for hydroxylation is 3. The fourth-order valence-corrected chi connectivity index (χ4v) is 5.11. The maximum atomic E-state index is 13.0. The Kier molecular flexibility index (Phi) is 13.6. The number of hydrogen-bond acceptors (Lipinski definition) is 2. The van der Waals surface area contributed by atoms with Crippen molar-refractivity contribution in [3.05, 3.63) is 69.8 Å². The number of rotatable bonds is 18. The first-order valence-corrected chi connectivity index (χ1v) is 14.2. The number of hydrogen-bond donors (Lipinski definition) is 0. The van der Waals surface area contributed by atoms with Gasteiger partial charge in [0.15, 0.2) is 11.6 Å². The molecule has 192 valence electrons. The molecule has 0 N–H and O–H groups in total. The Balaban J connectivity index is 1.60. The van der Waals surface area contributed by atoms with Crippen LogP contribution >= 0.6 is 0 Å². The second-order valence-corrected chi connectivity index (χ2v) is 10.4. The molecule has 0 atom stereocenters. The molecule has 0 aliphatic heterocycles. The summed E-state index contributed by atoms with van der Waals surface area (Å²) in [5, 5.41) is 0. The summed E-state index contributed by atoms with van der Waals surface area (Å²) < 4.78 is 0. The van der Waals surface area contributed by atoms with Crippen LogP contribution in [0, 0.1) is 20.8 Å². The molecule has 0 unspecified atom stereocenters. The highest BCUT2D eigenvalue weighted by Crippen LogP contribution is 2.21. The van der Waals surface area contributed by atoms with Gasteiger partial charge in [-0.3, -0.25) is 9.59 Å². The molecule has 0 amide bonds. The molecular formula is C33H48O2. The van der Waals surface area contributed by atoms with Crippen LogP contribution in [-0.2, 0) is 0 Å².